The van der Waals surface area contributed by atoms with E-state index in [-0.39, 0.29) is 11.7 Å². The maximum atomic E-state index is 13.4. The van der Waals surface area contributed by atoms with E-state index in [0.717, 1.165) is 24.8 Å². The lowest BCUT2D eigenvalue weighted by atomic mass is 9.72. The molecule has 2 aliphatic heterocycles. The maximum Gasteiger partial charge on any atom is 0.227 e. The Balaban J connectivity index is 1.56. The summed E-state index contributed by atoms with van der Waals surface area (Å²) in [7, 11) is 0. The van der Waals surface area contributed by atoms with Gasteiger partial charge in [0.05, 0.1) is 19.1 Å². The number of nitrogens with one attached hydrogen (secondary N) is 1. The molecule has 4 rings (SSSR count). The molecule has 150 valence electrons. The molecule has 1 aliphatic carbocycles. The number of rotatable bonds is 6. The highest BCUT2D eigenvalue weighted by molar-refractivity contribution is 6.08. The van der Waals surface area contributed by atoms with E-state index in [1.807, 2.05) is 36.4 Å². The molecule has 0 spiro atoms. The van der Waals surface area contributed by atoms with E-state index < -0.39 is 30.0 Å². The van der Waals surface area contributed by atoms with Crippen molar-refractivity contribution in [2.24, 2.45) is 5.92 Å². The average molecular weight is 385 g/mol. The molecular formula is C22H27NO5. The van der Waals surface area contributed by atoms with Crippen LogP contribution in [0.1, 0.15) is 44.6 Å². The van der Waals surface area contributed by atoms with Gasteiger partial charge in [-0.2, -0.15) is 0 Å². The molecule has 6 nitrogen and oxygen atoms in total. The first-order valence-corrected chi connectivity index (χ1v) is 10.0. The van der Waals surface area contributed by atoms with Crippen molar-refractivity contribution in [2.45, 2.75) is 63.1 Å². The second-order valence-corrected chi connectivity index (χ2v) is 8.10. The smallest absolute Gasteiger partial charge is 0.227 e. The molecule has 1 amide bonds. The largest absolute Gasteiger partial charge is 0.393 e. The topological polar surface area (TPSA) is 84.9 Å². The number of aliphatic hydroxyl groups excluding tert-OH is 1. The lowest BCUT2D eigenvalue weighted by Crippen LogP contribution is -2.65. The minimum Gasteiger partial charge on any atom is -0.393 e. The highest BCUT2D eigenvalue weighted by Crippen LogP contribution is 2.49. The highest BCUT2D eigenvalue weighted by Gasteiger charge is 2.70. The summed E-state index contributed by atoms with van der Waals surface area (Å²) >= 11 is 0. The summed E-state index contributed by atoms with van der Waals surface area (Å²) < 4.78 is 12.1. The van der Waals surface area contributed by atoms with Gasteiger partial charge in [0, 0.05) is 6.42 Å². The van der Waals surface area contributed by atoms with Crippen LogP contribution >= 0.6 is 0 Å². The third kappa shape index (κ3) is 3.00. The van der Waals surface area contributed by atoms with E-state index in [2.05, 4.69) is 5.32 Å². The minimum absolute atomic E-state index is 0.225. The number of allylic oxidation sites excluding steroid dienone is 1. The molecule has 0 bridgehead atoms. The summed E-state index contributed by atoms with van der Waals surface area (Å²) in [5.74, 6) is -1.02. The number of aliphatic hydroxyl groups is 1. The van der Waals surface area contributed by atoms with Gasteiger partial charge in [0.15, 0.2) is 17.6 Å². The van der Waals surface area contributed by atoms with Crippen molar-refractivity contribution in [1.82, 2.24) is 5.32 Å². The van der Waals surface area contributed by atoms with Crippen molar-refractivity contribution >= 4 is 11.7 Å². The first-order chi connectivity index (χ1) is 13.5. The molecule has 2 saturated heterocycles. The van der Waals surface area contributed by atoms with Crippen molar-refractivity contribution < 1.29 is 24.2 Å². The Bertz CT molecular complexity index is 791. The number of Topliss-reactive ketones (excluding diaryl/α,β-unsaturated/α-hetero) is 1. The lowest BCUT2D eigenvalue weighted by molar-refractivity contribution is -0.194. The minimum atomic E-state index is -1.46. The van der Waals surface area contributed by atoms with Gasteiger partial charge in [0.1, 0.15) is 5.60 Å². The molecule has 0 radical (unpaired) electrons. The van der Waals surface area contributed by atoms with Crippen molar-refractivity contribution in [2.75, 3.05) is 6.61 Å². The molecule has 0 aromatic heterocycles. The van der Waals surface area contributed by atoms with Gasteiger partial charge in [-0.25, -0.2) is 0 Å². The zero-order valence-electron chi connectivity index (χ0n) is 16.1. The number of carbonyl (C=O) groups excluding carboxylic acids is 2. The van der Waals surface area contributed by atoms with E-state index in [4.69, 9.17) is 9.47 Å². The average Bonchev–Trinajstić information content (AvgIpc) is 3.18. The van der Waals surface area contributed by atoms with E-state index >= 15 is 0 Å². The predicted octanol–water partition coefficient (Wildman–Crippen LogP) is 2.25. The quantitative estimate of drug-likeness (QED) is 0.785. The fourth-order valence-electron chi connectivity index (χ4n) is 4.73. The molecule has 1 aromatic carbocycles. The molecule has 6 heteroatoms. The van der Waals surface area contributed by atoms with Crippen molar-refractivity contribution in [3.63, 3.8) is 0 Å². The van der Waals surface area contributed by atoms with Crippen LogP contribution in [0.15, 0.2) is 42.0 Å². The van der Waals surface area contributed by atoms with Crippen molar-refractivity contribution in [3.8, 4) is 0 Å². The highest BCUT2D eigenvalue weighted by atomic mass is 16.7. The van der Waals surface area contributed by atoms with E-state index in [1.54, 1.807) is 6.92 Å². The van der Waals surface area contributed by atoms with Gasteiger partial charge in [0.2, 0.25) is 5.91 Å². The van der Waals surface area contributed by atoms with Gasteiger partial charge in [-0.05, 0) is 43.7 Å². The van der Waals surface area contributed by atoms with Crippen LogP contribution in [0, 0.1) is 5.92 Å². The van der Waals surface area contributed by atoms with Gasteiger partial charge >= 0.3 is 0 Å². The predicted molar refractivity (Wildman–Crippen MR) is 102 cm³/mol. The zero-order valence-corrected chi connectivity index (χ0v) is 16.1. The van der Waals surface area contributed by atoms with Crippen LogP contribution in [0.5, 0.6) is 0 Å². The molecule has 2 N–H and O–H groups in total. The molecule has 4 atom stereocenters. The van der Waals surface area contributed by atoms with Crippen LogP contribution in [0.4, 0.5) is 0 Å². The van der Waals surface area contributed by atoms with E-state index in [0.29, 0.717) is 25.0 Å². The Morgan fingerprint density at radius 1 is 1.32 bits per heavy atom. The van der Waals surface area contributed by atoms with Crippen LogP contribution < -0.4 is 5.32 Å². The molecule has 1 unspecified atom stereocenters. The Morgan fingerprint density at radius 3 is 2.79 bits per heavy atom. The number of benzene rings is 1. The van der Waals surface area contributed by atoms with Crippen LogP contribution in [0.3, 0.4) is 0 Å². The summed E-state index contributed by atoms with van der Waals surface area (Å²) in [5.41, 5.74) is -0.910. The van der Waals surface area contributed by atoms with Gasteiger partial charge in [-0.15, -0.1) is 0 Å². The molecule has 0 saturated carbocycles. The Kier molecular flexibility index (Phi) is 5.12. The fraction of sp³-hybridized carbons (Fsp3) is 0.545. The SMILES string of the molecule is C[C@]12OC(OCc3ccccc3)C[C@H]1C(=O)N[C@]2(CO)C(=O)C1=CCCCC1. The van der Waals surface area contributed by atoms with Gasteiger partial charge in [0.25, 0.3) is 0 Å². The number of fused-ring (bicyclic) bond motifs is 1. The summed E-state index contributed by atoms with van der Waals surface area (Å²) in [4.78, 5) is 26.1. The fourth-order valence-corrected chi connectivity index (χ4v) is 4.73. The van der Waals surface area contributed by atoms with Crippen LogP contribution in [0.2, 0.25) is 0 Å². The van der Waals surface area contributed by atoms with Gasteiger partial charge in [-0.3, -0.25) is 9.59 Å². The molecule has 3 aliphatic rings. The maximum absolute atomic E-state index is 13.4. The second-order valence-electron chi connectivity index (χ2n) is 8.10. The number of hydrogen-bond acceptors (Lipinski definition) is 5. The molecule has 28 heavy (non-hydrogen) atoms. The van der Waals surface area contributed by atoms with Crippen LogP contribution in [0.25, 0.3) is 0 Å². The molecule has 2 heterocycles. The Labute approximate surface area is 164 Å². The molecule has 2 fully saturated rings. The zero-order chi connectivity index (χ0) is 19.8. The monoisotopic (exact) mass is 385 g/mol. The number of hydrogen-bond donors (Lipinski definition) is 2. The van der Waals surface area contributed by atoms with Gasteiger partial charge < -0.3 is 19.9 Å². The van der Waals surface area contributed by atoms with Crippen molar-refractivity contribution in [1.29, 1.82) is 0 Å². The van der Waals surface area contributed by atoms with Crippen LogP contribution in [-0.4, -0.2) is 40.8 Å². The number of carbonyl (C=O) groups is 2. The third-order valence-corrected chi connectivity index (χ3v) is 6.46. The second kappa shape index (κ2) is 7.43. The summed E-state index contributed by atoms with van der Waals surface area (Å²) in [5, 5.41) is 13.0. The summed E-state index contributed by atoms with van der Waals surface area (Å²) in [6.07, 6.45) is 5.22. The standard InChI is InChI=1S/C22H27NO5/c1-21-17(12-18(28-21)27-13-15-8-4-2-5-9-15)20(26)23-22(21,14-24)19(25)16-10-6-3-7-11-16/h2,4-5,8-10,17-18,24H,3,6-7,11-14H2,1H3,(H,23,26)/t17-,18?,21-,22+/m0/s1. The van der Waals surface area contributed by atoms with Gasteiger partial charge in [-0.1, -0.05) is 36.4 Å². The summed E-state index contributed by atoms with van der Waals surface area (Å²) in [6, 6.07) is 9.73. The van der Waals surface area contributed by atoms with E-state index in [1.165, 1.54) is 0 Å². The number of amides is 1. The normalized spacial score (nSPS) is 34.6. The van der Waals surface area contributed by atoms with Crippen molar-refractivity contribution in [3.05, 3.63) is 47.5 Å². The Hall–Kier alpha value is -2.02. The molecule has 1 aromatic rings. The Morgan fingerprint density at radius 2 is 2.11 bits per heavy atom. The number of ketones is 1. The van der Waals surface area contributed by atoms with E-state index in [9.17, 15) is 14.7 Å². The molecular weight excluding hydrogens is 358 g/mol. The third-order valence-electron chi connectivity index (χ3n) is 6.46. The summed E-state index contributed by atoms with van der Waals surface area (Å²) in [6.45, 7) is 1.62. The first-order valence-electron chi connectivity index (χ1n) is 10.0. The first kappa shape index (κ1) is 19.3. The lowest BCUT2D eigenvalue weighted by Gasteiger charge is -2.40. The number of ether oxygens (including phenoxy) is 2. The van der Waals surface area contributed by atoms with Crippen LogP contribution in [-0.2, 0) is 25.7 Å².